The molecular weight excluding hydrogens is 811 g/mol. The van der Waals surface area contributed by atoms with Crippen molar-refractivity contribution in [2.45, 2.75) is 165 Å². The molecule has 0 aromatic heterocycles. The molecule has 1 unspecified atom stereocenters. The van der Waals surface area contributed by atoms with E-state index >= 15 is 0 Å². The Labute approximate surface area is 376 Å². The van der Waals surface area contributed by atoms with Crippen LogP contribution in [0.3, 0.4) is 0 Å². The van der Waals surface area contributed by atoms with Crippen molar-refractivity contribution in [3.05, 3.63) is 120 Å². The van der Waals surface area contributed by atoms with Crippen molar-refractivity contribution in [2.24, 2.45) is 0 Å². The Morgan fingerprint density at radius 2 is 1.37 bits per heavy atom. The lowest BCUT2D eigenvalue weighted by molar-refractivity contribution is -0.300. The van der Waals surface area contributed by atoms with E-state index in [1.54, 1.807) is 0 Å². The fraction of sp³-hybridized carbons (Fsp3) is 0.558. The van der Waals surface area contributed by atoms with Crippen LogP contribution >= 0.6 is 0 Å². The van der Waals surface area contributed by atoms with E-state index in [0.717, 1.165) is 27.5 Å². The predicted molar refractivity (Wildman–Crippen MR) is 246 cm³/mol. The van der Waals surface area contributed by atoms with Crippen LogP contribution in [0.2, 0.25) is 10.1 Å². The summed E-state index contributed by atoms with van der Waals surface area (Å²) in [7, 11) is -2.87. The minimum atomic E-state index is -2.87. The Morgan fingerprint density at radius 3 is 2.00 bits per heavy atom. The molecule has 3 saturated heterocycles. The zero-order valence-corrected chi connectivity index (χ0v) is 39.6. The maximum absolute atomic E-state index is 10.9. The smallest absolute Gasteiger partial charge is 0.349 e. The van der Waals surface area contributed by atoms with Gasteiger partial charge in [-0.25, -0.2) is 0 Å². The lowest BCUT2D eigenvalue weighted by Gasteiger charge is -2.61. The Bertz CT molecular complexity index is 2110. The average Bonchev–Trinajstić information content (AvgIpc) is 3.25. The molecule has 3 heterocycles. The summed E-state index contributed by atoms with van der Waals surface area (Å²) in [5.74, 6) is 0. The van der Waals surface area contributed by atoms with Crippen LogP contribution in [0, 0.1) is 11.3 Å². The number of fused-ring (bicyclic) bond motifs is 2. The molecule has 3 aliphatic rings. The molecule has 63 heavy (non-hydrogen) atoms. The van der Waals surface area contributed by atoms with E-state index in [9.17, 15) is 10.4 Å². The number of nitrogens with zero attached hydrogens (tertiary/aromatic N) is 1. The van der Waals surface area contributed by atoms with Crippen LogP contribution in [0.1, 0.15) is 97.8 Å². The zero-order chi connectivity index (χ0) is 44.9. The normalized spacial score (nSPS) is 29.1. The van der Waals surface area contributed by atoms with Gasteiger partial charge in [-0.05, 0) is 47.4 Å². The molecule has 0 aliphatic carbocycles. The largest absolute Gasteiger partial charge is 0.396 e. The molecule has 0 amide bonds. The van der Waals surface area contributed by atoms with Crippen LogP contribution in [0.5, 0.6) is 0 Å². The van der Waals surface area contributed by atoms with Gasteiger partial charge in [0.15, 0.2) is 0 Å². The van der Waals surface area contributed by atoms with E-state index in [-0.39, 0.29) is 41.9 Å². The molecule has 9 atom stereocenters. The minimum Gasteiger partial charge on any atom is -0.396 e. The van der Waals surface area contributed by atoms with Crippen molar-refractivity contribution in [3.8, 4) is 6.07 Å². The summed E-state index contributed by atoms with van der Waals surface area (Å²) >= 11 is 0. The molecule has 4 aromatic rings. The number of hydrogen-bond acceptors (Lipinski definition) is 10. The lowest BCUT2D eigenvalue weighted by Crippen LogP contribution is -2.73. The molecule has 0 bridgehead atoms. The van der Waals surface area contributed by atoms with E-state index in [1.165, 1.54) is 0 Å². The molecule has 3 fully saturated rings. The van der Waals surface area contributed by atoms with Crippen molar-refractivity contribution < 1.29 is 42.4 Å². The summed E-state index contributed by atoms with van der Waals surface area (Å²) in [6.07, 6.45) is -1.99. The highest BCUT2D eigenvalue weighted by atomic mass is 28.4. The van der Waals surface area contributed by atoms with Gasteiger partial charge in [-0.15, -0.1) is 0 Å². The molecule has 4 aromatic carbocycles. The van der Waals surface area contributed by atoms with E-state index in [4.69, 9.17) is 37.3 Å². The molecule has 11 heteroatoms. The topological polar surface area (TPSA) is 118 Å². The van der Waals surface area contributed by atoms with Crippen LogP contribution in [0.25, 0.3) is 10.8 Å². The highest BCUT2D eigenvalue weighted by Gasteiger charge is 2.66. The SMILES string of the molecule is CC(C)(C)[Si]1(C(C)(C)C)OC[C@@]2(C)O[C@@](C)(CCO)[C@H](OC(C#N)C[C@H]3O[C@@H](COCc4ccccc4)[C@H](OCc4ccccc4)C[C@@H]3OCc3ccc4ccccc4c3)C[C@@H]2O1. The molecular formula is C52H69NO9Si. The van der Waals surface area contributed by atoms with E-state index < -0.39 is 50.3 Å². The molecule has 7 rings (SSSR count). The Hall–Kier alpha value is -3.51. The number of benzene rings is 4. The van der Waals surface area contributed by atoms with Crippen molar-refractivity contribution >= 4 is 19.3 Å². The summed E-state index contributed by atoms with van der Waals surface area (Å²) in [5, 5.41) is 23.1. The highest BCUT2D eigenvalue weighted by molar-refractivity contribution is 6.73. The fourth-order valence-corrected chi connectivity index (χ4v) is 15.2. The van der Waals surface area contributed by atoms with Crippen LogP contribution in [0.4, 0.5) is 0 Å². The molecule has 0 spiro atoms. The van der Waals surface area contributed by atoms with Crippen molar-refractivity contribution in [1.29, 1.82) is 5.26 Å². The summed E-state index contributed by atoms with van der Waals surface area (Å²) in [4.78, 5) is 0. The Kier molecular flexibility index (Phi) is 15.0. The second-order valence-electron chi connectivity index (χ2n) is 20.2. The molecule has 3 aliphatic heterocycles. The first-order chi connectivity index (χ1) is 30.0. The van der Waals surface area contributed by atoms with E-state index in [0.29, 0.717) is 45.7 Å². The van der Waals surface area contributed by atoms with Gasteiger partial charge in [0.2, 0.25) is 0 Å². The molecule has 0 saturated carbocycles. The zero-order valence-electron chi connectivity index (χ0n) is 38.6. The Morgan fingerprint density at radius 1 is 0.762 bits per heavy atom. The first-order valence-electron chi connectivity index (χ1n) is 22.7. The summed E-state index contributed by atoms with van der Waals surface area (Å²) in [5.41, 5.74) is 1.48. The van der Waals surface area contributed by atoms with Crippen LogP contribution in [-0.4, -0.2) is 87.4 Å². The predicted octanol–water partition coefficient (Wildman–Crippen LogP) is 10.1. The molecule has 0 radical (unpaired) electrons. The molecule has 340 valence electrons. The fourth-order valence-electron chi connectivity index (χ4n) is 10.0. The van der Waals surface area contributed by atoms with Crippen LogP contribution in [0.15, 0.2) is 103 Å². The van der Waals surface area contributed by atoms with Gasteiger partial charge in [-0.1, -0.05) is 139 Å². The van der Waals surface area contributed by atoms with Gasteiger partial charge in [0, 0.05) is 42.4 Å². The van der Waals surface area contributed by atoms with Gasteiger partial charge in [-0.3, -0.25) is 0 Å². The maximum atomic E-state index is 10.9. The third-order valence-corrected chi connectivity index (χ3v) is 18.4. The first kappa shape index (κ1) is 47.4. The molecule has 1 N–H and O–H groups in total. The van der Waals surface area contributed by atoms with Gasteiger partial charge in [0.25, 0.3) is 0 Å². The molecule has 10 nitrogen and oxygen atoms in total. The number of aliphatic hydroxyl groups excluding tert-OH is 1. The van der Waals surface area contributed by atoms with E-state index in [1.807, 2.05) is 74.5 Å². The van der Waals surface area contributed by atoms with Crippen molar-refractivity contribution in [3.63, 3.8) is 0 Å². The van der Waals surface area contributed by atoms with Gasteiger partial charge < -0.3 is 42.4 Å². The maximum Gasteiger partial charge on any atom is 0.349 e. The lowest BCUT2D eigenvalue weighted by atomic mass is 9.81. The first-order valence-corrected chi connectivity index (χ1v) is 24.6. The number of rotatable bonds is 16. The Balaban J connectivity index is 1.14. The summed E-state index contributed by atoms with van der Waals surface area (Å²) in [6, 6.07) is 37.3. The number of hydrogen-bond donors (Lipinski definition) is 1. The third-order valence-electron chi connectivity index (χ3n) is 13.3. The van der Waals surface area contributed by atoms with Gasteiger partial charge in [-0.2, -0.15) is 5.26 Å². The van der Waals surface area contributed by atoms with Gasteiger partial charge in [0.05, 0.1) is 75.2 Å². The highest BCUT2D eigenvalue weighted by Crippen LogP contribution is 2.57. The van der Waals surface area contributed by atoms with Crippen LogP contribution in [-0.2, 0) is 57.1 Å². The standard InChI is InChI=1S/C52H69NO9Si/c1-49(2,3)63(50(4,5)6)58-36-52(8)48(61-63)30-47(51(7,62-52)25-26-54)59-42(31-53)28-45-43(57-34-39-23-24-40-21-15-16-22-41(40)27-39)29-44(56-33-38-19-13-10-14-20-38)46(60-45)35-55-32-37-17-11-9-12-18-37/h9-24,27,42-48,54H,25-26,28-30,32-36H2,1-8H3/t42?,43-,44+,45+,46-,47+,48-,51-,52+/m0/s1. The average molecular weight is 880 g/mol. The van der Waals surface area contributed by atoms with Gasteiger partial charge >= 0.3 is 8.56 Å². The van der Waals surface area contributed by atoms with Crippen LogP contribution < -0.4 is 0 Å². The van der Waals surface area contributed by atoms with Crippen molar-refractivity contribution in [2.75, 3.05) is 19.8 Å². The number of nitriles is 1. The second-order valence-corrected chi connectivity index (χ2v) is 25.0. The second kappa shape index (κ2) is 19.9. The summed E-state index contributed by atoms with van der Waals surface area (Å²) < 4.78 is 54.8. The van der Waals surface area contributed by atoms with E-state index in [2.05, 4.69) is 90.1 Å². The minimum absolute atomic E-state index is 0.107. The van der Waals surface area contributed by atoms with Crippen molar-refractivity contribution in [1.82, 2.24) is 0 Å². The number of ether oxygens (including phenoxy) is 6. The summed E-state index contributed by atoms with van der Waals surface area (Å²) in [6.45, 7) is 19.0. The third kappa shape index (κ3) is 11.0. The quantitative estimate of drug-likeness (QED) is 0.109. The van der Waals surface area contributed by atoms with Gasteiger partial charge in [0.1, 0.15) is 17.8 Å². The number of aliphatic hydroxyl groups is 1. The monoisotopic (exact) mass is 879 g/mol.